The molecule has 61 heavy (non-hydrogen) atoms. The molecule has 0 radical (unpaired) electrons. The normalized spacial score (nSPS) is 18.7. The van der Waals surface area contributed by atoms with Gasteiger partial charge < -0.3 is 30.1 Å². The summed E-state index contributed by atoms with van der Waals surface area (Å²) in [4.78, 5) is 85.0. The van der Waals surface area contributed by atoms with E-state index in [-0.39, 0.29) is 36.0 Å². The highest BCUT2D eigenvalue weighted by Gasteiger charge is 2.40. The summed E-state index contributed by atoms with van der Waals surface area (Å²) in [6, 6.07) is 16.6. The van der Waals surface area contributed by atoms with Crippen molar-refractivity contribution in [3.05, 3.63) is 101 Å². The monoisotopic (exact) mass is 831 g/mol. The number of aromatic nitrogens is 1. The van der Waals surface area contributed by atoms with E-state index in [0.717, 1.165) is 80.4 Å². The van der Waals surface area contributed by atoms with Crippen LogP contribution in [-0.4, -0.2) is 114 Å². The van der Waals surface area contributed by atoms with Crippen molar-refractivity contribution < 1.29 is 33.5 Å². The first-order chi connectivity index (χ1) is 29.7. The van der Waals surface area contributed by atoms with Gasteiger partial charge in [-0.3, -0.25) is 39.1 Å². The Morgan fingerprint density at radius 1 is 0.852 bits per heavy atom. The average molecular weight is 832 g/mol. The fourth-order valence-corrected chi connectivity index (χ4v) is 8.87. The minimum absolute atomic E-state index is 0.0821. The second-order valence-corrected chi connectivity index (χ2v) is 16.4. The van der Waals surface area contributed by atoms with E-state index >= 15 is 0 Å². The van der Waals surface area contributed by atoms with Gasteiger partial charge in [0.1, 0.15) is 6.04 Å². The summed E-state index contributed by atoms with van der Waals surface area (Å²) in [6.45, 7) is 5.05. The highest BCUT2D eigenvalue weighted by atomic mass is 16.5. The third-order valence-corrected chi connectivity index (χ3v) is 12.4. The molecule has 0 saturated carbocycles. The van der Waals surface area contributed by atoms with Crippen LogP contribution in [-0.2, 0) is 30.5 Å². The molecule has 2 aromatic carbocycles. The van der Waals surface area contributed by atoms with Gasteiger partial charge in [-0.15, -0.1) is 0 Å². The molecular weight excluding hydrogens is 775 g/mol. The molecule has 7 rings (SSSR count). The molecule has 1 atom stereocenters. The lowest BCUT2D eigenvalue weighted by molar-refractivity contribution is -0.137. The summed E-state index contributed by atoms with van der Waals surface area (Å²) >= 11 is 0. The molecule has 4 aliphatic rings. The lowest BCUT2D eigenvalue weighted by atomic mass is 9.88. The zero-order chi connectivity index (χ0) is 42.6. The Morgan fingerprint density at radius 2 is 1.64 bits per heavy atom. The van der Waals surface area contributed by atoms with E-state index in [1.54, 1.807) is 36.7 Å². The van der Waals surface area contributed by atoms with Crippen molar-refractivity contribution >= 4 is 47.2 Å². The lowest BCUT2D eigenvalue weighted by Crippen LogP contribution is -2.52. The summed E-state index contributed by atoms with van der Waals surface area (Å²) < 4.78 is 5.80. The molecule has 4 aliphatic heterocycles. The van der Waals surface area contributed by atoms with E-state index in [4.69, 9.17) is 4.74 Å². The first-order valence-corrected chi connectivity index (χ1v) is 21.8. The largest absolute Gasteiger partial charge is 0.382 e. The maximum absolute atomic E-state index is 13.3. The van der Waals surface area contributed by atoms with E-state index in [0.29, 0.717) is 76.2 Å². The Morgan fingerprint density at radius 3 is 2.39 bits per heavy atom. The number of imide groups is 1. The van der Waals surface area contributed by atoms with Gasteiger partial charge in [-0.1, -0.05) is 37.1 Å². The van der Waals surface area contributed by atoms with Crippen LogP contribution >= 0.6 is 0 Å². The number of piperidine rings is 3. The number of pyridine rings is 1. The quantitative estimate of drug-likeness (QED) is 0.0972. The van der Waals surface area contributed by atoms with Crippen LogP contribution in [0.25, 0.3) is 6.08 Å². The third kappa shape index (κ3) is 11.5. The number of nitrogens with one attached hydrogen (secondary N) is 3. The lowest BCUT2D eigenvalue weighted by Gasteiger charge is -2.33. The van der Waals surface area contributed by atoms with Gasteiger partial charge in [-0.2, -0.15) is 0 Å². The van der Waals surface area contributed by atoms with Gasteiger partial charge in [0, 0.05) is 93.1 Å². The Kier molecular flexibility index (Phi) is 14.9. The summed E-state index contributed by atoms with van der Waals surface area (Å²) in [5.74, 6) is 0.0554. The van der Waals surface area contributed by atoms with Crippen LogP contribution in [0, 0.1) is 5.92 Å². The van der Waals surface area contributed by atoms with E-state index in [1.807, 2.05) is 40.1 Å². The third-order valence-electron chi connectivity index (χ3n) is 12.4. The molecule has 6 amide bonds. The second-order valence-electron chi connectivity index (χ2n) is 16.4. The fourth-order valence-electron chi connectivity index (χ4n) is 8.87. The van der Waals surface area contributed by atoms with Gasteiger partial charge in [-0.05, 0) is 97.9 Å². The van der Waals surface area contributed by atoms with Crippen molar-refractivity contribution in [1.29, 1.82) is 0 Å². The number of unbranched alkanes of at least 4 members (excludes halogenated alkanes) is 1. The molecule has 14 nitrogen and oxygen atoms in total. The molecule has 3 N–H and O–H groups in total. The zero-order valence-electron chi connectivity index (χ0n) is 34.8. The van der Waals surface area contributed by atoms with Crippen LogP contribution in [0.1, 0.15) is 108 Å². The fraction of sp³-hybridized carbons (Fsp3) is 0.468. The van der Waals surface area contributed by atoms with Gasteiger partial charge in [0.05, 0.1) is 19.6 Å². The first-order valence-electron chi connectivity index (χ1n) is 21.8. The number of amides is 6. The van der Waals surface area contributed by atoms with Crippen molar-refractivity contribution in [2.75, 3.05) is 57.8 Å². The molecule has 14 heteroatoms. The number of benzene rings is 2. The number of hydrogen-bond acceptors (Lipinski definition) is 9. The Bertz CT molecular complexity index is 2060. The average Bonchev–Trinajstić information content (AvgIpc) is 3.63. The van der Waals surface area contributed by atoms with Gasteiger partial charge >= 0.3 is 0 Å². The molecule has 3 fully saturated rings. The highest BCUT2D eigenvalue weighted by molar-refractivity contribution is 6.06. The van der Waals surface area contributed by atoms with Gasteiger partial charge in [0.15, 0.2) is 0 Å². The number of likely N-dealkylation sites (tertiary alicyclic amines) is 2. The Balaban J connectivity index is 0.739. The number of ether oxygens (including phenoxy) is 1. The summed E-state index contributed by atoms with van der Waals surface area (Å²) in [5.41, 5.74) is 4.99. The number of rotatable bonds is 17. The van der Waals surface area contributed by atoms with Gasteiger partial charge in [0.25, 0.3) is 11.8 Å². The predicted octanol–water partition coefficient (Wildman–Crippen LogP) is 4.92. The van der Waals surface area contributed by atoms with Crippen molar-refractivity contribution in [3.63, 3.8) is 0 Å². The van der Waals surface area contributed by atoms with Crippen molar-refractivity contribution in [2.45, 2.75) is 82.7 Å². The molecular formula is C47H57N7O7. The number of fused-ring (bicyclic) bond motifs is 1. The summed E-state index contributed by atoms with van der Waals surface area (Å²) in [7, 11) is 0. The number of hydrogen-bond donors (Lipinski definition) is 3. The standard InChI is InChI=1S/C47H57N7O7/c55-42(15-9-34-6-4-22-48-31-34)50-23-2-1-5-33-17-25-53(26-18-33)46(59)37-12-10-35(11-13-37)36-19-27-52(28-20-36)44(57)21-29-61-30-24-49-40-8-3-7-38-39(40)32-54(47(38)60)41-14-16-43(56)51-45(41)58/h3-4,6-13,15,22,31,33,36,41,49H,1-2,5,14,16-21,23-30,32H2,(H,50,55)(H,51,56,58)/b15-9+. The number of carbonyl (C=O) groups is 6. The predicted molar refractivity (Wildman–Crippen MR) is 230 cm³/mol. The van der Waals surface area contributed by atoms with E-state index in [2.05, 4.69) is 33.1 Å². The Hall–Kier alpha value is -5.89. The van der Waals surface area contributed by atoms with E-state index in [1.165, 1.54) is 10.5 Å². The van der Waals surface area contributed by atoms with Crippen molar-refractivity contribution in [2.24, 2.45) is 5.92 Å². The Labute approximate surface area is 357 Å². The van der Waals surface area contributed by atoms with Crippen LogP contribution in [0.2, 0.25) is 0 Å². The second kappa shape index (κ2) is 21.1. The molecule has 1 aromatic heterocycles. The first kappa shape index (κ1) is 43.2. The van der Waals surface area contributed by atoms with Crippen LogP contribution < -0.4 is 16.0 Å². The minimum Gasteiger partial charge on any atom is -0.382 e. The van der Waals surface area contributed by atoms with Gasteiger partial charge in [-0.25, -0.2) is 0 Å². The highest BCUT2D eigenvalue weighted by Crippen LogP contribution is 2.33. The molecule has 3 aromatic rings. The molecule has 5 heterocycles. The van der Waals surface area contributed by atoms with E-state index < -0.39 is 11.9 Å². The molecule has 0 spiro atoms. The molecule has 1 unspecified atom stereocenters. The van der Waals surface area contributed by atoms with Crippen LogP contribution in [0.4, 0.5) is 5.69 Å². The minimum atomic E-state index is -0.661. The van der Waals surface area contributed by atoms with Crippen molar-refractivity contribution in [1.82, 2.24) is 30.3 Å². The van der Waals surface area contributed by atoms with Crippen LogP contribution in [0.3, 0.4) is 0 Å². The maximum atomic E-state index is 13.3. The molecule has 322 valence electrons. The number of nitrogens with zero attached hydrogens (tertiary/aromatic N) is 4. The summed E-state index contributed by atoms with van der Waals surface area (Å²) in [5, 5.41) is 8.63. The topological polar surface area (TPSA) is 170 Å². The SMILES string of the molecule is O=C(/C=C/c1cccnc1)NCCCCC1CCN(C(=O)c2ccc(C3CCN(C(=O)CCOCCNc4cccc5c4CN(C4CCC(=O)NC4=O)C5=O)CC3)cc2)CC1. The van der Waals surface area contributed by atoms with Crippen LogP contribution in [0.15, 0.2) is 73.1 Å². The molecule has 3 saturated heterocycles. The van der Waals surface area contributed by atoms with Crippen LogP contribution in [0.5, 0.6) is 0 Å². The van der Waals surface area contributed by atoms with E-state index in [9.17, 15) is 28.8 Å². The molecule has 0 bridgehead atoms. The number of anilines is 1. The maximum Gasteiger partial charge on any atom is 0.255 e. The van der Waals surface area contributed by atoms with Crippen molar-refractivity contribution in [3.8, 4) is 0 Å². The summed E-state index contributed by atoms with van der Waals surface area (Å²) in [6.07, 6.45) is 14.4. The molecule has 0 aliphatic carbocycles. The van der Waals surface area contributed by atoms with Gasteiger partial charge in [0.2, 0.25) is 23.6 Å². The number of carbonyl (C=O) groups excluding carboxylic acids is 6. The smallest absolute Gasteiger partial charge is 0.255 e. The zero-order valence-corrected chi connectivity index (χ0v) is 34.8.